The van der Waals surface area contributed by atoms with Crippen molar-refractivity contribution in [2.24, 2.45) is 5.92 Å². The Morgan fingerprint density at radius 3 is 2.70 bits per heavy atom. The molecule has 0 aliphatic carbocycles. The fourth-order valence-corrected chi connectivity index (χ4v) is 5.69. The van der Waals surface area contributed by atoms with Crippen LogP contribution in [0.3, 0.4) is 0 Å². The molecular formula is C17H25NO4S. The third-order valence-electron chi connectivity index (χ3n) is 4.98. The van der Waals surface area contributed by atoms with E-state index < -0.39 is 9.84 Å². The van der Waals surface area contributed by atoms with Crippen molar-refractivity contribution in [1.29, 1.82) is 0 Å². The van der Waals surface area contributed by atoms with Crippen LogP contribution in [-0.2, 0) is 9.84 Å². The number of methoxy groups -OCH3 is 2. The molecule has 0 N–H and O–H groups in total. The highest BCUT2D eigenvalue weighted by Gasteiger charge is 2.34. The molecule has 2 fully saturated rings. The van der Waals surface area contributed by atoms with Crippen molar-refractivity contribution in [3.05, 3.63) is 23.8 Å². The topological polar surface area (TPSA) is 55.8 Å². The van der Waals surface area contributed by atoms with Crippen LogP contribution >= 0.6 is 0 Å². The number of likely N-dealkylation sites (tertiary alicyclic amines) is 1. The maximum Gasteiger partial charge on any atom is 0.150 e. The summed E-state index contributed by atoms with van der Waals surface area (Å²) in [5.41, 5.74) is 1.14. The summed E-state index contributed by atoms with van der Waals surface area (Å²) in [4.78, 5) is 2.42. The molecule has 6 heteroatoms. The minimum Gasteiger partial charge on any atom is -0.497 e. The average molecular weight is 339 g/mol. The molecule has 23 heavy (non-hydrogen) atoms. The summed E-state index contributed by atoms with van der Waals surface area (Å²) < 4.78 is 34.3. The van der Waals surface area contributed by atoms with E-state index in [1.165, 1.54) is 0 Å². The maximum atomic E-state index is 11.7. The van der Waals surface area contributed by atoms with Gasteiger partial charge in [-0.1, -0.05) is 0 Å². The lowest BCUT2D eigenvalue weighted by Gasteiger charge is -2.28. The molecule has 3 rings (SSSR count). The van der Waals surface area contributed by atoms with Crippen molar-refractivity contribution in [3.63, 3.8) is 0 Å². The predicted molar refractivity (Wildman–Crippen MR) is 89.9 cm³/mol. The zero-order valence-electron chi connectivity index (χ0n) is 13.8. The van der Waals surface area contributed by atoms with Gasteiger partial charge in [0.25, 0.3) is 0 Å². The van der Waals surface area contributed by atoms with Crippen LogP contribution in [0.5, 0.6) is 11.5 Å². The number of sulfone groups is 1. The second-order valence-electron chi connectivity index (χ2n) is 6.53. The smallest absolute Gasteiger partial charge is 0.150 e. The van der Waals surface area contributed by atoms with Gasteiger partial charge in [0.1, 0.15) is 11.5 Å². The summed E-state index contributed by atoms with van der Waals surface area (Å²) in [5.74, 6) is 2.65. The average Bonchev–Trinajstić information content (AvgIpc) is 3.13. The fourth-order valence-electron chi connectivity index (χ4n) is 3.84. The number of hydrogen-bond donors (Lipinski definition) is 0. The van der Waals surface area contributed by atoms with Gasteiger partial charge in [-0.25, -0.2) is 8.42 Å². The van der Waals surface area contributed by atoms with Crippen molar-refractivity contribution in [1.82, 2.24) is 4.90 Å². The van der Waals surface area contributed by atoms with E-state index in [1.54, 1.807) is 14.2 Å². The third-order valence-corrected chi connectivity index (χ3v) is 6.82. The lowest BCUT2D eigenvalue weighted by atomic mass is 10.0. The standard InChI is InChI=1S/C17H25NO4S/c1-21-14-5-6-17(22-2)15(10-14)16-4-3-8-18(16)11-13-7-9-23(19,20)12-13/h5-6,10,13,16H,3-4,7-9,11-12H2,1-2H3/t13-,16+/m1/s1. The second kappa shape index (κ2) is 6.69. The largest absolute Gasteiger partial charge is 0.497 e. The highest BCUT2D eigenvalue weighted by molar-refractivity contribution is 7.91. The number of hydrogen-bond acceptors (Lipinski definition) is 5. The highest BCUT2D eigenvalue weighted by Crippen LogP contribution is 2.39. The van der Waals surface area contributed by atoms with E-state index in [2.05, 4.69) is 4.90 Å². The predicted octanol–water partition coefficient (Wildman–Crippen LogP) is 2.28. The SMILES string of the molecule is COc1ccc(OC)c([C@@H]2CCCN2C[C@H]2CCS(=O)(=O)C2)c1. The number of rotatable bonds is 5. The number of benzene rings is 1. The first-order chi connectivity index (χ1) is 11.0. The van der Waals surface area contributed by atoms with Crippen LogP contribution in [0.4, 0.5) is 0 Å². The first kappa shape index (κ1) is 16.6. The van der Waals surface area contributed by atoms with E-state index in [9.17, 15) is 8.42 Å². The van der Waals surface area contributed by atoms with Crippen LogP contribution in [0.25, 0.3) is 0 Å². The van der Waals surface area contributed by atoms with Gasteiger partial charge < -0.3 is 9.47 Å². The lowest BCUT2D eigenvalue weighted by molar-refractivity contribution is 0.220. The molecule has 2 aliphatic rings. The molecule has 128 valence electrons. The number of ether oxygens (including phenoxy) is 2. The van der Waals surface area contributed by atoms with Crippen LogP contribution in [0, 0.1) is 5.92 Å². The Morgan fingerprint density at radius 1 is 1.22 bits per heavy atom. The second-order valence-corrected chi connectivity index (χ2v) is 8.76. The van der Waals surface area contributed by atoms with E-state index >= 15 is 0 Å². The monoisotopic (exact) mass is 339 g/mol. The normalized spacial score (nSPS) is 27.2. The summed E-state index contributed by atoms with van der Waals surface area (Å²) >= 11 is 0. The van der Waals surface area contributed by atoms with Crippen molar-refractivity contribution in [3.8, 4) is 11.5 Å². The molecule has 0 amide bonds. The summed E-state index contributed by atoms with van der Waals surface area (Å²) in [6.45, 7) is 1.87. The summed E-state index contributed by atoms with van der Waals surface area (Å²) in [6, 6.07) is 6.19. The highest BCUT2D eigenvalue weighted by atomic mass is 32.2. The molecular weight excluding hydrogens is 314 g/mol. The van der Waals surface area contributed by atoms with E-state index in [-0.39, 0.29) is 12.0 Å². The minimum atomic E-state index is -2.81. The van der Waals surface area contributed by atoms with Gasteiger partial charge in [-0.3, -0.25) is 4.90 Å². The molecule has 0 unspecified atom stereocenters. The van der Waals surface area contributed by atoms with E-state index in [1.807, 2.05) is 18.2 Å². The van der Waals surface area contributed by atoms with Gasteiger partial charge in [0, 0.05) is 18.2 Å². The first-order valence-electron chi connectivity index (χ1n) is 8.19. The maximum absolute atomic E-state index is 11.7. The van der Waals surface area contributed by atoms with Gasteiger partial charge in [-0.15, -0.1) is 0 Å². The number of nitrogens with zero attached hydrogens (tertiary/aromatic N) is 1. The van der Waals surface area contributed by atoms with Gasteiger partial charge in [-0.2, -0.15) is 0 Å². The van der Waals surface area contributed by atoms with Crippen molar-refractivity contribution in [2.75, 3.05) is 38.8 Å². The van der Waals surface area contributed by atoms with Gasteiger partial charge in [0.05, 0.1) is 25.7 Å². The molecule has 0 saturated carbocycles. The molecule has 2 heterocycles. The van der Waals surface area contributed by atoms with Gasteiger partial charge in [0.2, 0.25) is 0 Å². The fraction of sp³-hybridized carbons (Fsp3) is 0.647. The minimum absolute atomic E-state index is 0.261. The van der Waals surface area contributed by atoms with Crippen molar-refractivity contribution in [2.45, 2.75) is 25.3 Å². The first-order valence-corrected chi connectivity index (χ1v) is 10.0. The van der Waals surface area contributed by atoms with Crippen LogP contribution in [0.2, 0.25) is 0 Å². The Morgan fingerprint density at radius 2 is 2.04 bits per heavy atom. The molecule has 0 spiro atoms. The summed E-state index contributed by atoms with van der Waals surface area (Å²) in [6.07, 6.45) is 2.99. The Bertz CT molecular complexity index is 659. The molecule has 2 saturated heterocycles. The van der Waals surface area contributed by atoms with E-state index in [0.717, 1.165) is 49.4 Å². The Labute approximate surface area is 138 Å². The Hall–Kier alpha value is -1.27. The van der Waals surface area contributed by atoms with Gasteiger partial charge in [0.15, 0.2) is 9.84 Å². The van der Waals surface area contributed by atoms with Crippen molar-refractivity contribution >= 4 is 9.84 Å². The van der Waals surface area contributed by atoms with Crippen LogP contribution in [-0.4, -0.2) is 52.1 Å². The van der Waals surface area contributed by atoms with Crippen LogP contribution in [0.15, 0.2) is 18.2 Å². The van der Waals surface area contributed by atoms with Crippen LogP contribution in [0.1, 0.15) is 30.9 Å². The molecule has 0 aromatic heterocycles. The molecule has 0 radical (unpaired) electrons. The molecule has 2 atom stereocenters. The van der Waals surface area contributed by atoms with Gasteiger partial charge in [-0.05, 0) is 49.9 Å². The Balaban J connectivity index is 1.79. The van der Waals surface area contributed by atoms with E-state index in [0.29, 0.717) is 11.5 Å². The third kappa shape index (κ3) is 3.63. The zero-order valence-corrected chi connectivity index (χ0v) is 14.6. The van der Waals surface area contributed by atoms with Gasteiger partial charge >= 0.3 is 0 Å². The Kier molecular flexibility index (Phi) is 4.82. The quantitative estimate of drug-likeness (QED) is 0.824. The van der Waals surface area contributed by atoms with E-state index in [4.69, 9.17) is 9.47 Å². The molecule has 1 aromatic rings. The zero-order chi connectivity index (χ0) is 16.4. The molecule has 1 aromatic carbocycles. The summed E-state index contributed by atoms with van der Waals surface area (Å²) in [7, 11) is 0.543. The molecule has 2 aliphatic heterocycles. The molecule has 5 nitrogen and oxygen atoms in total. The van der Waals surface area contributed by atoms with Crippen LogP contribution < -0.4 is 9.47 Å². The van der Waals surface area contributed by atoms with Crippen molar-refractivity contribution < 1.29 is 17.9 Å². The molecule has 0 bridgehead atoms. The lowest BCUT2D eigenvalue weighted by Crippen LogP contribution is -2.30. The summed E-state index contributed by atoms with van der Waals surface area (Å²) in [5, 5.41) is 0.